The molecule has 0 aliphatic rings. The summed E-state index contributed by atoms with van der Waals surface area (Å²) >= 11 is 0. The fourth-order valence-corrected chi connectivity index (χ4v) is 1.70. The minimum absolute atomic E-state index is 0.501. The fraction of sp³-hybridized carbons (Fsp3) is 0.200. The van der Waals surface area contributed by atoms with Crippen molar-refractivity contribution in [2.75, 3.05) is 0 Å². The third-order valence-corrected chi connectivity index (χ3v) is 2.93. The molecule has 0 fully saturated rings. The largest absolute Gasteiger partial charge is 0.247 e. The lowest BCUT2D eigenvalue weighted by molar-refractivity contribution is 0.649. The molecule has 0 unspecified atom stereocenters. The van der Waals surface area contributed by atoms with Crippen molar-refractivity contribution in [2.45, 2.75) is 18.7 Å². The topological polar surface area (TPSA) is 17.1 Å². The van der Waals surface area contributed by atoms with Gasteiger partial charge in [-0.25, -0.2) is 4.21 Å². The van der Waals surface area contributed by atoms with E-state index in [0.29, 0.717) is 4.90 Å². The van der Waals surface area contributed by atoms with Gasteiger partial charge >= 0.3 is 0 Å². The van der Waals surface area contributed by atoms with Crippen molar-refractivity contribution < 1.29 is 8.60 Å². The minimum atomic E-state index is -1.64. The molecular weight excluding hydrogens is 187 g/mol. The fourth-order valence-electron chi connectivity index (χ4n) is 0.881. The van der Waals surface area contributed by atoms with E-state index in [1.165, 1.54) is 13.0 Å². The van der Waals surface area contributed by atoms with Gasteiger partial charge in [0.1, 0.15) is 10.8 Å². The average molecular weight is 198 g/mol. The Morgan fingerprint density at radius 2 is 1.92 bits per heavy atom. The Labute approximate surface area is 79.7 Å². The molecule has 0 aliphatic heterocycles. The van der Waals surface area contributed by atoms with Gasteiger partial charge in [-0.15, -0.1) is 0 Å². The Bertz CT molecular complexity index is 340. The lowest BCUT2D eigenvalue weighted by Gasteiger charge is -1.98. The van der Waals surface area contributed by atoms with Crippen LogP contribution in [0.2, 0.25) is 0 Å². The Balaban J connectivity index is 2.97. The SMILES string of the molecule is C/C=C(\F)[S@@](=O)c1ccc(C)cc1. The molecule has 13 heavy (non-hydrogen) atoms. The summed E-state index contributed by atoms with van der Waals surface area (Å²) in [7, 11) is -1.64. The predicted molar refractivity (Wildman–Crippen MR) is 52.5 cm³/mol. The van der Waals surface area contributed by atoms with Crippen molar-refractivity contribution in [1.82, 2.24) is 0 Å². The number of halogens is 1. The van der Waals surface area contributed by atoms with E-state index in [9.17, 15) is 8.60 Å². The molecular formula is C10H11FOS. The molecule has 0 saturated carbocycles. The van der Waals surface area contributed by atoms with Crippen molar-refractivity contribution in [3.63, 3.8) is 0 Å². The van der Waals surface area contributed by atoms with E-state index in [1.54, 1.807) is 12.1 Å². The van der Waals surface area contributed by atoms with E-state index in [1.807, 2.05) is 19.1 Å². The third kappa shape index (κ3) is 2.49. The van der Waals surface area contributed by atoms with Crippen LogP contribution in [-0.2, 0) is 10.8 Å². The van der Waals surface area contributed by atoms with Gasteiger partial charge in [-0.05, 0) is 32.1 Å². The molecule has 1 nitrogen and oxygen atoms in total. The Kier molecular flexibility index (Phi) is 3.37. The van der Waals surface area contributed by atoms with Crippen molar-refractivity contribution in [3.8, 4) is 0 Å². The average Bonchev–Trinajstić information content (AvgIpc) is 2.17. The molecule has 0 heterocycles. The summed E-state index contributed by atoms with van der Waals surface area (Å²) in [6.45, 7) is 3.46. The number of rotatable bonds is 2. The zero-order valence-corrected chi connectivity index (χ0v) is 8.40. The smallest absolute Gasteiger partial charge is 0.187 e. The van der Waals surface area contributed by atoms with E-state index < -0.39 is 16.0 Å². The van der Waals surface area contributed by atoms with E-state index >= 15 is 0 Å². The van der Waals surface area contributed by atoms with E-state index in [4.69, 9.17) is 0 Å². The number of aryl methyl sites for hydroxylation is 1. The first kappa shape index (κ1) is 10.1. The van der Waals surface area contributed by atoms with Crippen LogP contribution in [0.3, 0.4) is 0 Å². The van der Waals surface area contributed by atoms with Crippen molar-refractivity contribution in [2.24, 2.45) is 0 Å². The highest BCUT2D eigenvalue weighted by atomic mass is 32.2. The number of benzene rings is 1. The molecule has 1 aromatic rings. The zero-order chi connectivity index (χ0) is 9.84. The summed E-state index contributed by atoms with van der Waals surface area (Å²) in [5, 5.41) is -0.594. The zero-order valence-electron chi connectivity index (χ0n) is 7.58. The van der Waals surface area contributed by atoms with Crippen LogP contribution in [0.4, 0.5) is 4.39 Å². The molecule has 0 spiro atoms. The maximum absolute atomic E-state index is 12.9. The summed E-state index contributed by atoms with van der Waals surface area (Å²) in [6, 6.07) is 6.98. The molecule has 1 rings (SSSR count). The van der Waals surface area contributed by atoms with Crippen LogP contribution in [0.1, 0.15) is 12.5 Å². The summed E-state index contributed by atoms with van der Waals surface area (Å²) in [5.41, 5.74) is 1.07. The highest BCUT2D eigenvalue weighted by Gasteiger charge is 2.07. The van der Waals surface area contributed by atoms with Gasteiger partial charge in [-0.3, -0.25) is 0 Å². The second-order valence-electron chi connectivity index (χ2n) is 2.67. The summed E-state index contributed by atoms with van der Waals surface area (Å²) in [6.07, 6.45) is 1.22. The standard InChI is InChI=1S/C10H11FOS/c1-3-10(11)13(12)9-6-4-8(2)5-7-9/h3-7H,1-2H3/b10-3+/t13-/m0/s1. The van der Waals surface area contributed by atoms with Crippen molar-refractivity contribution >= 4 is 10.8 Å². The Morgan fingerprint density at radius 3 is 2.38 bits per heavy atom. The maximum atomic E-state index is 12.9. The summed E-state index contributed by atoms with van der Waals surface area (Å²) < 4.78 is 24.2. The first-order valence-electron chi connectivity index (χ1n) is 3.95. The second kappa shape index (κ2) is 4.33. The van der Waals surface area contributed by atoms with Crippen LogP contribution in [0.15, 0.2) is 40.4 Å². The van der Waals surface area contributed by atoms with Crippen LogP contribution in [-0.4, -0.2) is 4.21 Å². The van der Waals surface area contributed by atoms with Crippen molar-refractivity contribution in [3.05, 3.63) is 41.1 Å². The summed E-state index contributed by atoms with van der Waals surface area (Å²) in [5.74, 6) is 0. The monoisotopic (exact) mass is 198 g/mol. The normalized spacial score (nSPS) is 14.2. The van der Waals surface area contributed by atoms with Crippen LogP contribution >= 0.6 is 0 Å². The van der Waals surface area contributed by atoms with Gasteiger partial charge in [0.25, 0.3) is 0 Å². The molecule has 0 aliphatic carbocycles. The molecule has 0 bridgehead atoms. The second-order valence-corrected chi connectivity index (χ2v) is 4.07. The van der Waals surface area contributed by atoms with E-state index in [2.05, 4.69) is 0 Å². The van der Waals surface area contributed by atoms with E-state index in [-0.39, 0.29) is 0 Å². The molecule has 3 heteroatoms. The quantitative estimate of drug-likeness (QED) is 0.714. The Hall–Kier alpha value is -0.960. The van der Waals surface area contributed by atoms with Crippen LogP contribution in [0.25, 0.3) is 0 Å². The van der Waals surface area contributed by atoms with Gasteiger partial charge in [0, 0.05) is 4.90 Å². The van der Waals surface area contributed by atoms with Gasteiger partial charge in [-0.1, -0.05) is 17.7 Å². The van der Waals surface area contributed by atoms with E-state index in [0.717, 1.165) is 5.56 Å². The lowest BCUT2D eigenvalue weighted by Crippen LogP contribution is -1.91. The first-order chi connectivity index (χ1) is 6.15. The Morgan fingerprint density at radius 1 is 1.38 bits per heavy atom. The molecule has 0 amide bonds. The highest BCUT2D eigenvalue weighted by Crippen LogP contribution is 2.15. The van der Waals surface area contributed by atoms with Crippen LogP contribution in [0, 0.1) is 6.92 Å². The molecule has 0 radical (unpaired) electrons. The minimum Gasteiger partial charge on any atom is -0.247 e. The van der Waals surface area contributed by atoms with Gasteiger partial charge in [0.05, 0.1) is 0 Å². The van der Waals surface area contributed by atoms with Gasteiger partial charge in [0.15, 0.2) is 5.16 Å². The van der Waals surface area contributed by atoms with Gasteiger partial charge in [-0.2, -0.15) is 4.39 Å². The lowest BCUT2D eigenvalue weighted by atomic mass is 10.2. The molecule has 0 N–H and O–H groups in total. The van der Waals surface area contributed by atoms with Gasteiger partial charge in [0.2, 0.25) is 0 Å². The molecule has 0 saturated heterocycles. The molecule has 1 aromatic carbocycles. The van der Waals surface area contributed by atoms with Crippen LogP contribution in [0.5, 0.6) is 0 Å². The van der Waals surface area contributed by atoms with Gasteiger partial charge < -0.3 is 0 Å². The highest BCUT2D eigenvalue weighted by molar-refractivity contribution is 7.88. The summed E-state index contributed by atoms with van der Waals surface area (Å²) in [4.78, 5) is 0.501. The molecule has 1 atom stereocenters. The number of hydrogen-bond donors (Lipinski definition) is 0. The maximum Gasteiger partial charge on any atom is 0.187 e. The number of hydrogen-bond acceptors (Lipinski definition) is 1. The molecule has 70 valence electrons. The van der Waals surface area contributed by atoms with Crippen LogP contribution < -0.4 is 0 Å². The van der Waals surface area contributed by atoms with Crippen molar-refractivity contribution in [1.29, 1.82) is 0 Å². The predicted octanol–water partition coefficient (Wildman–Crippen LogP) is 2.93. The third-order valence-electron chi connectivity index (χ3n) is 1.64. The molecule has 0 aromatic heterocycles. The first-order valence-corrected chi connectivity index (χ1v) is 5.10. The number of allylic oxidation sites excluding steroid dienone is 1.